The molecule has 0 aromatic carbocycles. The molecule has 4 heteroatoms. The van der Waals surface area contributed by atoms with Crippen molar-refractivity contribution in [2.24, 2.45) is 11.8 Å². The van der Waals surface area contributed by atoms with Gasteiger partial charge in [0.2, 0.25) is 0 Å². The number of thioether (sulfide) groups is 1. The van der Waals surface area contributed by atoms with Crippen molar-refractivity contribution in [3.05, 3.63) is 0 Å². The molecule has 0 bridgehead atoms. The fourth-order valence-electron chi connectivity index (χ4n) is 3.18. The summed E-state index contributed by atoms with van der Waals surface area (Å²) in [5, 5.41) is 0. The fourth-order valence-corrected chi connectivity index (χ4v) is 6.53. The summed E-state index contributed by atoms with van der Waals surface area (Å²) in [5.74, 6) is 4.53. The van der Waals surface area contributed by atoms with E-state index < -0.39 is 9.84 Å². The Hall–Kier alpha value is 0.300. The van der Waals surface area contributed by atoms with Gasteiger partial charge in [0, 0.05) is 0 Å². The van der Waals surface area contributed by atoms with Crippen LogP contribution >= 0.6 is 11.8 Å². The lowest BCUT2D eigenvalue weighted by Gasteiger charge is -2.22. The van der Waals surface area contributed by atoms with Crippen LogP contribution in [0.5, 0.6) is 0 Å². The van der Waals surface area contributed by atoms with Crippen molar-refractivity contribution < 1.29 is 8.42 Å². The summed E-state index contributed by atoms with van der Waals surface area (Å²) >= 11 is 2.01. The molecule has 1 atom stereocenters. The lowest BCUT2D eigenvalue weighted by molar-refractivity contribution is 0.507. The van der Waals surface area contributed by atoms with Gasteiger partial charge in [0.1, 0.15) is 0 Å². The van der Waals surface area contributed by atoms with E-state index in [4.69, 9.17) is 0 Å². The smallest absolute Gasteiger partial charge is 0.150 e. The van der Waals surface area contributed by atoms with Crippen LogP contribution in [0.3, 0.4) is 0 Å². The summed E-state index contributed by atoms with van der Waals surface area (Å²) in [6, 6.07) is 0. The molecule has 1 saturated carbocycles. The number of hydrogen-bond acceptors (Lipinski definition) is 3. The Labute approximate surface area is 116 Å². The lowest BCUT2D eigenvalue weighted by Crippen LogP contribution is -2.26. The zero-order chi connectivity index (χ0) is 12.8. The Kier molecular flexibility index (Phi) is 5.87. The van der Waals surface area contributed by atoms with E-state index in [1.807, 2.05) is 11.8 Å². The molecule has 1 heterocycles. The van der Waals surface area contributed by atoms with E-state index in [1.54, 1.807) is 0 Å². The standard InChI is InChI=1S/C14H26O2S2/c15-18(16)9-5-8-14(12-18)11-17-10-13-6-3-1-2-4-7-13/h13-14H,1-12H2/t14-/m1/s1. The fraction of sp³-hybridized carbons (Fsp3) is 1.00. The molecule has 18 heavy (non-hydrogen) atoms. The van der Waals surface area contributed by atoms with Gasteiger partial charge in [-0.15, -0.1) is 0 Å². The van der Waals surface area contributed by atoms with Crippen LogP contribution in [0, 0.1) is 11.8 Å². The van der Waals surface area contributed by atoms with Gasteiger partial charge in [-0.2, -0.15) is 11.8 Å². The molecular weight excluding hydrogens is 264 g/mol. The molecule has 2 nitrogen and oxygen atoms in total. The third-order valence-electron chi connectivity index (χ3n) is 4.24. The topological polar surface area (TPSA) is 34.1 Å². The number of sulfone groups is 1. The first-order valence-electron chi connectivity index (χ1n) is 7.44. The average Bonchev–Trinajstić information content (AvgIpc) is 2.56. The normalized spacial score (nSPS) is 29.9. The van der Waals surface area contributed by atoms with Crippen molar-refractivity contribution >= 4 is 21.6 Å². The summed E-state index contributed by atoms with van der Waals surface area (Å²) in [6.45, 7) is 0. The Morgan fingerprint density at radius 3 is 2.11 bits per heavy atom. The Morgan fingerprint density at radius 1 is 0.833 bits per heavy atom. The summed E-state index contributed by atoms with van der Waals surface area (Å²) < 4.78 is 23.1. The molecule has 0 N–H and O–H groups in total. The summed E-state index contributed by atoms with van der Waals surface area (Å²) in [7, 11) is -2.71. The van der Waals surface area contributed by atoms with E-state index in [1.165, 1.54) is 44.3 Å². The average molecular weight is 290 g/mol. The van der Waals surface area contributed by atoms with E-state index >= 15 is 0 Å². The Morgan fingerprint density at radius 2 is 1.44 bits per heavy atom. The quantitative estimate of drug-likeness (QED) is 0.743. The minimum absolute atomic E-state index is 0.427. The molecule has 1 aliphatic heterocycles. The maximum Gasteiger partial charge on any atom is 0.150 e. The minimum Gasteiger partial charge on any atom is -0.229 e. The highest BCUT2D eigenvalue weighted by molar-refractivity contribution is 7.99. The zero-order valence-electron chi connectivity index (χ0n) is 11.3. The van der Waals surface area contributed by atoms with Gasteiger partial charge in [-0.1, -0.05) is 25.7 Å². The van der Waals surface area contributed by atoms with Crippen molar-refractivity contribution in [3.8, 4) is 0 Å². The van der Waals surface area contributed by atoms with Gasteiger partial charge in [0.05, 0.1) is 11.5 Å². The third kappa shape index (κ3) is 5.12. The van der Waals surface area contributed by atoms with Crippen molar-refractivity contribution in [2.75, 3.05) is 23.0 Å². The number of rotatable bonds is 4. The lowest BCUT2D eigenvalue weighted by atomic mass is 10.0. The predicted octanol–water partition coefficient (Wildman–Crippen LogP) is 3.51. The third-order valence-corrected chi connectivity index (χ3v) is 7.54. The molecule has 0 spiro atoms. The van der Waals surface area contributed by atoms with Crippen LogP contribution in [-0.2, 0) is 9.84 Å². The van der Waals surface area contributed by atoms with Crippen molar-refractivity contribution in [2.45, 2.75) is 51.4 Å². The SMILES string of the molecule is O=S1(=O)CCC[C@H](CSCC2CCCCCC2)C1. The zero-order valence-corrected chi connectivity index (χ0v) is 12.9. The Bertz CT molecular complexity index is 330. The van der Waals surface area contributed by atoms with E-state index in [0.29, 0.717) is 17.4 Å². The van der Waals surface area contributed by atoms with Gasteiger partial charge in [0.15, 0.2) is 9.84 Å². The molecule has 1 aliphatic carbocycles. The van der Waals surface area contributed by atoms with Crippen LogP contribution in [0.4, 0.5) is 0 Å². The van der Waals surface area contributed by atoms with Gasteiger partial charge in [0.25, 0.3) is 0 Å². The van der Waals surface area contributed by atoms with Gasteiger partial charge >= 0.3 is 0 Å². The van der Waals surface area contributed by atoms with Crippen molar-refractivity contribution in [3.63, 3.8) is 0 Å². The first-order valence-corrected chi connectivity index (χ1v) is 10.4. The van der Waals surface area contributed by atoms with Gasteiger partial charge in [-0.3, -0.25) is 0 Å². The van der Waals surface area contributed by atoms with Crippen molar-refractivity contribution in [1.82, 2.24) is 0 Å². The molecule has 1 saturated heterocycles. The highest BCUT2D eigenvalue weighted by atomic mass is 32.2. The summed E-state index contributed by atoms with van der Waals surface area (Å²) in [4.78, 5) is 0. The largest absolute Gasteiger partial charge is 0.229 e. The van der Waals surface area contributed by atoms with E-state index in [9.17, 15) is 8.42 Å². The molecule has 2 aliphatic rings. The number of hydrogen-bond donors (Lipinski definition) is 0. The van der Waals surface area contributed by atoms with Crippen LogP contribution < -0.4 is 0 Å². The molecule has 106 valence electrons. The van der Waals surface area contributed by atoms with Gasteiger partial charge in [-0.05, 0) is 49.0 Å². The molecular formula is C14H26O2S2. The van der Waals surface area contributed by atoms with Crippen LogP contribution in [0.25, 0.3) is 0 Å². The van der Waals surface area contributed by atoms with Crippen LogP contribution in [-0.4, -0.2) is 31.4 Å². The summed E-state index contributed by atoms with van der Waals surface area (Å²) in [5.41, 5.74) is 0. The molecule has 2 fully saturated rings. The second-order valence-corrected chi connectivity index (χ2v) is 9.32. The molecule has 0 radical (unpaired) electrons. The molecule has 0 unspecified atom stereocenters. The van der Waals surface area contributed by atoms with Crippen LogP contribution in [0.2, 0.25) is 0 Å². The maximum atomic E-state index is 11.6. The highest BCUT2D eigenvalue weighted by Crippen LogP contribution is 2.28. The maximum absolute atomic E-state index is 11.6. The molecule has 0 aromatic rings. The monoisotopic (exact) mass is 290 g/mol. The Balaban J connectivity index is 1.65. The highest BCUT2D eigenvalue weighted by Gasteiger charge is 2.24. The van der Waals surface area contributed by atoms with Gasteiger partial charge in [-0.25, -0.2) is 8.42 Å². The second-order valence-electron chi connectivity index (χ2n) is 6.02. The van der Waals surface area contributed by atoms with Crippen LogP contribution in [0.1, 0.15) is 51.4 Å². The van der Waals surface area contributed by atoms with E-state index in [-0.39, 0.29) is 0 Å². The molecule has 2 rings (SSSR count). The second kappa shape index (κ2) is 7.18. The summed E-state index contributed by atoms with van der Waals surface area (Å²) in [6.07, 6.45) is 10.5. The van der Waals surface area contributed by atoms with E-state index in [0.717, 1.165) is 24.5 Å². The molecule has 0 amide bonds. The first kappa shape index (κ1) is 14.7. The predicted molar refractivity (Wildman–Crippen MR) is 79.9 cm³/mol. The first-order chi connectivity index (χ1) is 8.66. The van der Waals surface area contributed by atoms with Gasteiger partial charge < -0.3 is 0 Å². The van der Waals surface area contributed by atoms with Crippen LogP contribution in [0.15, 0.2) is 0 Å². The van der Waals surface area contributed by atoms with Crippen molar-refractivity contribution in [1.29, 1.82) is 0 Å². The molecule has 0 aromatic heterocycles. The minimum atomic E-state index is -2.71. The van der Waals surface area contributed by atoms with E-state index in [2.05, 4.69) is 0 Å².